The van der Waals surface area contributed by atoms with E-state index in [1.807, 2.05) is 32.0 Å². The van der Waals surface area contributed by atoms with Crippen LogP contribution in [0.1, 0.15) is 131 Å². The second kappa shape index (κ2) is 37.5. The number of carbonyl (C=O) groups excluding carboxylic acids is 9. The number of nitrogens with zero attached hydrogens (tertiary/aromatic N) is 3. The molecular formula is C64H100N10O14. The van der Waals surface area contributed by atoms with Gasteiger partial charge in [-0.2, -0.15) is 0 Å². The largest absolute Gasteiger partial charge is 0.445 e. The molecule has 0 unspecified atom stereocenters. The number of hydrogen-bond donors (Lipinski definition) is 8. The van der Waals surface area contributed by atoms with E-state index in [-0.39, 0.29) is 75.7 Å². The number of aliphatic hydroxyl groups is 1. The van der Waals surface area contributed by atoms with Gasteiger partial charge in [-0.25, -0.2) is 9.59 Å². The lowest BCUT2D eigenvalue weighted by molar-refractivity contribution is -0.148. The van der Waals surface area contributed by atoms with Crippen molar-refractivity contribution >= 4 is 59.2 Å². The van der Waals surface area contributed by atoms with E-state index in [1.165, 1.54) is 26.2 Å². The zero-order valence-corrected chi connectivity index (χ0v) is 54.1. The molecule has 10 amide bonds. The number of primary amides is 1. The summed E-state index contributed by atoms with van der Waals surface area (Å²) in [6.07, 6.45) is 4.16. The molecule has 24 nitrogen and oxygen atoms in total. The van der Waals surface area contributed by atoms with Crippen molar-refractivity contribution in [2.45, 2.75) is 181 Å². The van der Waals surface area contributed by atoms with Gasteiger partial charge in [-0.3, -0.25) is 38.5 Å². The Hall–Kier alpha value is -7.33. The van der Waals surface area contributed by atoms with Crippen LogP contribution in [0.25, 0.3) is 0 Å². The first-order valence-corrected chi connectivity index (χ1v) is 30.5. The lowest BCUT2D eigenvalue weighted by Crippen LogP contribution is -2.60. The number of nitrogens with two attached hydrogens (primary N) is 1. The second-order valence-corrected chi connectivity index (χ2v) is 23.8. The maximum atomic E-state index is 14.8. The lowest BCUT2D eigenvalue weighted by atomic mass is 9.89. The number of ether oxygens (including phenoxy) is 4. The fourth-order valence-electron chi connectivity index (χ4n) is 11.0. The van der Waals surface area contributed by atoms with E-state index in [1.54, 1.807) is 109 Å². The summed E-state index contributed by atoms with van der Waals surface area (Å²) in [7, 11) is 6.09. The molecule has 0 saturated carbocycles. The minimum atomic E-state index is -1.09. The molecule has 12 atom stereocenters. The minimum Gasteiger partial charge on any atom is -0.445 e. The second-order valence-electron chi connectivity index (χ2n) is 23.8. The highest BCUT2D eigenvalue weighted by Gasteiger charge is 2.44. The number of amides is 10. The van der Waals surface area contributed by atoms with Crippen molar-refractivity contribution in [3.63, 3.8) is 0 Å². The highest BCUT2D eigenvalue weighted by molar-refractivity contribution is 5.98. The SMILES string of the molecule is C#CCOCCC(=O)N[C@H](C(=O)N[C@@H](CCCNC(N)=O)C(=O)Nc1ccc(COC(=O)N(C)[C@H](C(=O)N[C@H](C(=O)N(C)[C@@H]([C@@H](C)CC)[C@@H](CC(=O)N2CCC[C@H]2[C@H](OC)[C@@H](C)C(=O)N[C@H](C)[C@@H](O)c2ccccc2)OC)C(C)C)C(C)C)cc1)C(C)C. The predicted octanol–water partition coefficient (Wildman–Crippen LogP) is 4.63. The molecule has 9 N–H and O–H groups in total. The molecule has 2 aromatic rings. The van der Waals surface area contributed by atoms with Gasteiger partial charge in [0.15, 0.2) is 0 Å². The molecule has 0 bridgehead atoms. The van der Waals surface area contributed by atoms with Gasteiger partial charge in [0.05, 0.1) is 61.8 Å². The number of likely N-dealkylation sites (tertiary alicyclic amines) is 1. The molecule has 490 valence electrons. The van der Waals surface area contributed by atoms with E-state index in [0.717, 1.165) is 0 Å². The number of urea groups is 1. The van der Waals surface area contributed by atoms with Crippen LogP contribution in [0.15, 0.2) is 54.6 Å². The van der Waals surface area contributed by atoms with Gasteiger partial charge < -0.3 is 71.5 Å². The third-order valence-electron chi connectivity index (χ3n) is 16.2. The zero-order chi connectivity index (χ0) is 65.9. The van der Waals surface area contributed by atoms with Gasteiger partial charge in [-0.15, -0.1) is 6.42 Å². The van der Waals surface area contributed by atoms with Gasteiger partial charge in [0.25, 0.3) is 0 Å². The quantitative estimate of drug-likeness (QED) is 0.0341. The van der Waals surface area contributed by atoms with E-state index < -0.39 is 120 Å². The van der Waals surface area contributed by atoms with Crippen LogP contribution in [0.2, 0.25) is 0 Å². The molecule has 24 heteroatoms. The van der Waals surface area contributed by atoms with Crippen LogP contribution < -0.4 is 37.6 Å². The van der Waals surface area contributed by atoms with Crippen molar-refractivity contribution < 1.29 is 67.2 Å². The summed E-state index contributed by atoms with van der Waals surface area (Å²) in [5, 5.41) is 27.5. The van der Waals surface area contributed by atoms with Gasteiger partial charge in [0, 0.05) is 47.1 Å². The van der Waals surface area contributed by atoms with E-state index in [2.05, 4.69) is 37.8 Å². The fourth-order valence-corrected chi connectivity index (χ4v) is 11.0. The first-order valence-electron chi connectivity index (χ1n) is 30.5. The number of nitrogens with one attached hydrogen (secondary N) is 6. The smallest absolute Gasteiger partial charge is 0.410 e. The molecule has 1 aliphatic rings. The molecule has 1 heterocycles. The summed E-state index contributed by atoms with van der Waals surface area (Å²) in [4.78, 5) is 127. The lowest BCUT2D eigenvalue weighted by Gasteiger charge is -2.41. The van der Waals surface area contributed by atoms with Crippen molar-refractivity contribution in [3.8, 4) is 12.3 Å². The normalized spacial score (nSPS) is 16.9. The number of hydrogen-bond acceptors (Lipinski definition) is 14. The van der Waals surface area contributed by atoms with E-state index in [0.29, 0.717) is 42.6 Å². The average Bonchev–Trinajstić information content (AvgIpc) is 2.88. The van der Waals surface area contributed by atoms with Crippen molar-refractivity contribution in [2.24, 2.45) is 35.3 Å². The van der Waals surface area contributed by atoms with E-state index in [9.17, 15) is 48.3 Å². The number of rotatable bonds is 36. The topological polar surface area (TPSA) is 319 Å². The minimum absolute atomic E-state index is 0.0336. The molecule has 1 aliphatic heterocycles. The van der Waals surface area contributed by atoms with Crippen LogP contribution in [-0.2, 0) is 59.1 Å². The monoisotopic (exact) mass is 1230 g/mol. The molecule has 3 rings (SSSR count). The van der Waals surface area contributed by atoms with Crippen molar-refractivity contribution in [1.29, 1.82) is 0 Å². The van der Waals surface area contributed by atoms with Gasteiger partial charge in [-0.1, -0.05) is 117 Å². The summed E-state index contributed by atoms with van der Waals surface area (Å²) in [6, 6.07) is 8.85. The molecule has 1 saturated heterocycles. The standard InChI is InChI=1S/C64H100N10O14/c1-16-34-87-35-31-50(75)70-52(38(3)4)60(80)69-47(25-21-32-66-63(65)83)59(79)68-46-29-27-44(28-30-46)37-88-64(84)73(13)54(40(7)8)61(81)71-53(39(5)6)62(82)72(12)55(41(9)17-2)49(85-14)36-51(76)74-33-22-26-48(74)57(86-15)42(10)58(78)67-43(11)56(77)45-23-19-18-20-24-45/h1,18-20,23-24,27-30,38-43,47-49,52-57,77H,17,21-22,25-26,31-37H2,2-15H3,(H,67,78)(H,68,79)(H,69,80)(H,70,75)(H,71,81)(H3,65,66,83)/t41-,42+,43+,47-,48-,49+,52-,53-,54-,55-,56+,57+/m0/s1. The van der Waals surface area contributed by atoms with Gasteiger partial charge >= 0.3 is 12.1 Å². The summed E-state index contributed by atoms with van der Waals surface area (Å²) in [5.74, 6) is -2.92. The third-order valence-corrected chi connectivity index (χ3v) is 16.2. The fraction of sp³-hybridized carbons (Fsp3) is 0.641. The molecule has 0 spiro atoms. The Balaban J connectivity index is 1.71. The van der Waals surface area contributed by atoms with Crippen LogP contribution in [0.4, 0.5) is 15.3 Å². The number of carbonyl (C=O) groups is 9. The zero-order valence-electron chi connectivity index (χ0n) is 54.1. The number of likely N-dealkylation sites (N-methyl/N-ethyl adjacent to an activating group) is 2. The van der Waals surface area contributed by atoms with Crippen LogP contribution >= 0.6 is 0 Å². The van der Waals surface area contributed by atoms with E-state index in [4.69, 9.17) is 31.1 Å². The molecule has 1 fully saturated rings. The van der Waals surface area contributed by atoms with Crippen LogP contribution in [0, 0.1) is 41.9 Å². The van der Waals surface area contributed by atoms with Crippen molar-refractivity contribution in [1.82, 2.24) is 41.3 Å². The summed E-state index contributed by atoms with van der Waals surface area (Å²) in [5.41, 5.74) is 6.77. The van der Waals surface area contributed by atoms with Crippen LogP contribution in [0.3, 0.4) is 0 Å². The van der Waals surface area contributed by atoms with Gasteiger partial charge in [0.1, 0.15) is 37.4 Å². The Labute approximate surface area is 520 Å². The number of benzene rings is 2. The van der Waals surface area contributed by atoms with E-state index >= 15 is 0 Å². The Morgan fingerprint density at radius 1 is 0.784 bits per heavy atom. The maximum absolute atomic E-state index is 14.8. The third kappa shape index (κ3) is 22.7. The molecule has 0 aliphatic carbocycles. The van der Waals surface area contributed by atoms with Crippen LogP contribution in [-0.4, -0.2) is 182 Å². The highest BCUT2D eigenvalue weighted by atomic mass is 16.6. The maximum Gasteiger partial charge on any atom is 0.410 e. The molecule has 0 aromatic heterocycles. The highest BCUT2D eigenvalue weighted by Crippen LogP contribution is 2.30. The number of anilines is 1. The summed E-state index contributed by atoms with van der Waals surface area (Å²) < 4.78 is 22.9. The molecular weight excluding hydrogens is 1130 g/mol. The Morgan fingerprint density at radius 3 is 2.00 bits per heavy atom. The Bertz CT molecular complexity index is 2620. The Morgan fingerprint density at radius 2 is 1.43 bits per heavy atom. The summed E-state index contributed by atoms with van der Waals surface area (Å²) >= 11 is 0. The average molecular weight is 1230 g/mol. The number of terminal acetylenes is 1. The van der Waals surface area contributed by atoms with Gasteiger partial charge in [0.2, 0.25) is 41.4 Å². The first kappa shape index (κ1) is 74.9. The molecule has 88 heavy (non-hydrogen) atoms. The first-order chi connectivity index (χ1) is 41.6. The van der Waals surface area contributed by atoms with Gasteiger partial charge in [-0.05, 0) is 79.5 Å². The van der Waals surface area contributed by atoms with Crippen LogP contribution in [0.5, 0.6) is 0 Å². The molecule has 2 aromatic carbocycles. The Kier molecular flexibility index (Phi) is 31.9. The number of aliphatic hydroxyl groups excluding tert-OH is 1. The van der Waals surface area contributed by atoms with Crippen molar-refractivity contribution in [3.05, 3.63) is 65.7 Å². The summed E-state index contributed by atoms with van der Waals surface area (Å²) in [6.45, 7) is 18.5. The number of methoxy groups -OCH3 is 2. The molecule has 0 radical (unpaired) electrons. The van der Waals surface area contributed by atoms with Crippen molar-refractivity contribution in [2.75, 3.05) is 59.9 Å². The predicted molar refractivity (Wildman–Crippen MR) is 333 cm³/mol.